The van der Waals surface area contributed by atoms with Crippen molar-refractivity contribution in [3.8, 4) is 6.07 Å². The molecule has 1 N–H and O–H groups in total. The van der Waals surface area contributed by atoms with E-state index in [1.165, 1.54) is 12.5 Å². The number of halogens is 2. The Morgan fingerprint density at radius 3 is 2.43 bits per heavy atom. The molecule has 1 fully saturated rings. The third-order valence-corrected chi connectivity index (χ3v) is 4.20. The van der Waals surface area contributed by atoms with Crippen LogP contribution in [0.25, 0.3) is 0 Å². The van der Waals surface area contributed by atoms with E-state index >= 15 is 0 Å². The van der Waals surface area contributed by atoms with Gasteiger partial charge in [0, 0.05) is 0 Å². The number of nitrogens with zero attached hydrogens (tertiary/aromatic N) is 3. The molecule has 1 heterocycles. The predicted octanol–water partition coefficient (Wildman–Crippen LogP) is 3.52. The molecule has 0 unspecified atom stereocenters. The Balaban J connectivity index is 2.18. The molecular weight excluding hydrogens is 311 g/mol. The fourth-order valence-corrected chi connectivity index (χ4v) is 2.90. The zero-order valence-electron chi connectivity index (χ0n) is 11.5. The summed E-state index contributed by atoms with van der Waals surface area (Å²) >= 11 is 11.6. The zero-order valence-corrected chi connectivity index (χ0v) is 13.0. The van der Waals surface area contributed by atoms with Crippen molar-refractivity contribution in [3.05, 3.63) is 21.9 Å². The average molecular weight is 327 g/mol. The summed E-state index contributed by atoms with van der Waals surface area (Å²) in [4.78, 5) is 12.4. The first-order valence-corrected chi connectivity index (χ1v) is 7.74. The van der Waals surface area contributed by atoms with Crippen LogP contribution in [0.1, 0.15) is 55.3 Å². The summed E-state index contributed by atoms with van der Waals surface area (Å²) < 4.78 is 0. The van der Waals surface area contributed by atoms with Gasteiger partial charge in [-0.05, 0) is 18.9 Å². The van der Waals surface area contributed by atoms with Crippen LogP contribution >= 0.6 is 23.2 Å². The fourth-order valence-electron chi connectivity index (χ4n) is 2.57. The van der Waals surface area contributed by atoms with Crippen LogP contribution in [0.2, 0.25) is 10.3 Å². The second kappa shape index (κ2) is 7.06. The first kappa shape index (κ1) is 16.0. The Bertz CT molecular complexity index is 563. The maximum atomic E-state index is 12.4. The van der Waals surface area contributed by atoms with Crippen molar-refractivity contribution in [1.29, 1.82) is 5.26 Å². The first-order chi connectivity index (χ1) is 10.1. The van der Waals surface area contributed by atoms with Gasteiger partial charge < -0.3 is 5.32 Å². The summed E-state index contributed by atoms with van der Waals surface area (Å²) in [6.45, 7) is 0. The lowest BCUT2D eigenvalue weighted by atomic mass is 9.85. The minimum atomic E-state index is -0.837. The van der Waals surface area contributed by atoms with E-state index in [-0.39, 0.29) is 15.9 Å². The van der Waals surface area contributed by atoms with Crippen molar-refractivity contribution in [2.45, 2.75) is 50.5 Å². The van der Waals surface area contributed by atoms with Crippen LogP contribution < -0.4 is 5.32 Å². The van der Waals surface area contributed by atoms with Crippen LogP contribution in [0, 0.1) is 11.3 Å². The summed E-state index contributed by atoms with van der Waals surface area (Å²) in [6, 6.07) is 3.64. The highest BCUT2D eigenvalue weighted by Gasteiger charge is 2.33. The molecule has 0 spiro atoms. The van der Waals surface area contributed by atoms with E-state index in [1.807, 2.05) is 0 Å². The maximum absolute atomic E-state index is 12.4. The lowest BCUT2D eigenvalue weighted by Gasteiger charge is -2.29. The van der Waals surface area contributed by atoms with Crippen LogP contribution in [0.5, 0.6) is 0 Å². The summed E-state index contributed by atoms with van der Waals surface area (Å²) in [5, 5.41) is 19.6. The van der Waals surface area contributed by atoms with Crippen LogP contribution in [0.4, 0.5) is 0 Å². The lowest BCUT2D eigenvalue weighted by molar-refractivity contribution is 0.0907. The van der Waals surface area contributed by atoms with E-state index in [1.54, 1.807) is 0 Å². The van der Waals surface area contributed by atoms with Crippen LogP contribution in [-0.2, 0) is 0 Å². The third-order valence-electron chi connectivity index (χ3n) is 3.74. The van der Waals surface area contributed by atoms with Gasteiger partial charge in [-0.2, -0.15) is 5.26 Å². The molecule has 0 atom stereocenters. The molecule has 1 amide bonds. The number of carbonyl (C=O) groups excluding carboxylic acids is 1. The summed E-state index contributed by atoms with van der Waals surface area (Å²) in [5.41, 5.74) is -0.690. The third kappa shape index (κ3) is 4.05. The molecule has 5 nitrogen and oxygen atoms in total. The standard InChI is InChI=1S/C14H16Cl2N4O/c15-11-8-10(12(16)20-19-11)13(21)18-14(9-17)6-4-2-1-3-5-7-14/h8H,1-7H2,(H,18,21). The molecule has 7 heteroatoms. The lowest BCUT2D eigenvalue weighted by Crippen LogP contribution is -2.47. The number of nitriles is 1. The van der Waals surface area contributed by atoms with Gasteiger partial charge in [0.1, 0.15) is 5.54 Å². The van der Waals surface area contributed by atoms with Crippen molar-refractivity contribution in [2.75, 3.05) is 0 Å². The van der Waals surface area contributed by atoms with Gasteiger partial charge in [0.2, 0.25) is 0 Å². The SMILES string of the molecule is N#CC1(NC(=O)c2cc(Cl)nnc2Cl)CCCCCCC1. The van der Waals surface area contributed by atoms with Crippen molar-refractivity contribution < 1.29 is 4.79 Å². The Morgan fingerprint density at radius 2 is 1.81 bits per heavy atom. The molecule has 112 valence electrons. The minimum Gasteiger partial charge on any atom is -0.334 e. The van der Waals surface area contributed by atoms with Gasteiger partial charge in [0.15, 0.2) is 10.3 Å². The van der Waals surface area contributed by atoms with Crippen LogP contribution in [0.3, 0.4) is 0 Å². The maximum Gasteiger partial charge on any atom is 0.255 e. The van der Waals surface area contributed by atoms with Gasteiger partial charge in [-0.25, -0.2) is 0 Å². The van der Waals surface area contributed by atoms with Crippen molar-refractivity contribution in [2.24, 2.45) is 0 Å². The molecule has 0 radical (unpaired) electrons. The fraction of sp³-hybridized carbons (Fsp3) is 0.571. The number of amides is 1. The van der Waals surface area contributed by atoms with Crippen LogP contribution in [-0.4, -0.2) is 21.6 Å². The molecule has 1 aromatic rings. The molecule has 0 saturated heterocycles. The Labute approximate surface area is 133 Å². The molecule has 1 aliphatic carbocycles. The van der Waals surface area contributed by atoms with Gasteiger partial charge in [-0.15, -0.1) is 10.2 Å². The summed E-state index contributed by atoms with van der Waals surface area (Å²) in [5.74, 6) is -0.432. The molecular formula is C14H16Cl2N4O. The minimum absolute atomic E-state index is 0.0177. The van der Waals surface area contributed by atoms with Crippen molar-refractivity contribution in [1.82, 2.24) is 15.5 Å². The van der Waals surface area contributed by atoms with Crippen molar-refractivity contribution >= 4 is 29.1 Å². The quantitative estimate of drug-likeness (QED) is 0.901. The second-order valence-corrected chi connectivity index (χ2v) is 6.03. The van der Waals surface area contributed by atoms with E-state index in [0.717, 1.165) is 25.7 Å². The van der Waals surface area contributed by atoms with E-state index in [4.69, 9.17) is 23.2 Å². The van der Waals surface area contributed by atoms with Gasteiger partial charge in [0.25, 0.3) is 5.91 Å². The number of hydrogen-bond acceptors (Lipinski definition) is 4. The molecule has 21 heavy (non-hydrogen) atoms. The first-order valence-electron chi connectivity index (χ1n) is 6.99. The molecule has 1 aliphatic rings. The molecule has 2 rings (SSSR count). The number of hydrogen-bond donors (Lipinski definition) is 1. The Kier molecular flexibility index (Phi) is 5.38. The van der Waals surface area contributed by atoms with Crippen molar-refractivity contribution in [3.63, 3.8) is 0 Å². The Hall–Kier alpha value is -1.38. The van der Waals surface area contributed by atoms with Gasteiger partial charge >= 0.3 is 0 Å². The van der Waals surface area contributed by atoms with E-state index in [0.29, 0.717) is 12.8 Å². The summed E-state index contributed by atoms with van der Waals surface area (Å²) in [7, 11) is 0. The largest absolute Gasteiger partial charge is 0.334 e. The Morgan fingerprint density at radius 1 is 1.19 bits per heavy atom. The average Bonchev–Trinajstić information content (AvgIpc) is 2.44. The zero-order chi connectivity index (χ0) is 15.3. The molecule has 0 aliphatic heterocycles. The van der Waals surface area contributed by atoms with E-state index in [2.05, 4.69) is 21.6 Å². The molecule has 1 saturated carbocycles. The number of aromatic nitrogens is 2. The highest BCUT2D eigenvalue weighted by Crippen LogP contribution is 2.27. The van der Waals surface area contributed by atoms with Gasteiger partial charge in [0.05, 0.1) is 11.6 Å². The topological polar surface area (TPSA) is 78.7 Å². The number of rotatable bonds is 2. The molecule has 1 aromatic heterocycles. The normalized spacial score (nSPS) is 18.1. The van der Waals surface area contributed by atoms with Gasteiger partial charge in [-0.3, -0.25) is 4.79 Å². The predicted molar refractivity (Wildman–Crippen MR) is 80.2 cm³/mol. The number of carbonyl (C=O) groups is 1. The molecule has 0 bridgehead atoms. The van der Waals surface area contributed by atoms with E-state index in [9.17, 15) is 10.1 Å². The van der Waals surface area contributed by atoms with E-state index < -0.39 is 11.4 Å². The highest BCUT2D eigenvalue weighted by molar-refractivity contribution is 6.34. The molecule has 0 aromatic carbocycles. The smallest absolute Gasteiger partial charge is 0.255 e. The summed E-state index contributed by atoms with van der Waals surface area (Å²) in [6.07, 6.45) is 6.52. The highest BCUT2D eigenvalue weighted by atomic mass is 35.5. The van der Waals surface area contributed by atoms with Gasteiger partial charge in [-0.1, -0.05) is 55.3 Å². The van der Waals surface area contributed by atoms with Crippen LogP contribution in [0.15, 0.2) is 6.07 Å². The monoisotopic (exact) mass is 326 g/mol. The number of nitrogens with one attached hydrogen (secondary N) is 1. The second-order valence-electron chi connectivity index (χ2n) is 5.29.